The third-order valence-electron chi connectivity index (χ3n) is 3.54. The number of carbonyl (C=O) groups is 1. The van der Waals surface area contributed by atoms with Crippen molar-refractivity contribution in [1.82, 2.24) is 9.62 Å². The van der Waals surface area contributed by atoms with E-state index < -0.39 is 10.0 Å². The predicted octanol–water partition coefficient (Wildman–Crippen LogP) is 1.79. The molecule has 0 aliphatic carbocycles. The SMILES string of the molecule is CS(=O)(=O)N(CCCc1ccccc1)CC(=O)NCc1ccco1. The number of amides is 1. The summed E-state index contributed by atoms with van der Waals surface area (Å²) >= 11 is 0. The first-order valence-electron chi connectivity index (χ1n) is 7.73. The molecule has 6 nitrogen and oxygen atoms in total. The maximum Gasteiger partial charge on any atom is 0.235 e. The van der Waals surface area contributed by atoms with E-state index in [0.717, 1.165) is 18.2 Å². The summed E-state index contributed by atoms with van der Waals surface area (Å²) in [6.07, 6.45) is 4.06. The standard InChI is InChI=1S/C17H22N2O4S/c1-24(21,22)19(11-5-9-15-7-3-2-4-8-15)14-17(20)18-13-16-10-6-12-23-16/h2-4,6-8,10,12H,5,9,11,13-14H2,1H3,(H,18,20). The topological polar surface area (TPSA) is 79.6 Å². The molecule has 0 atom stereocenters. The monoisotopic (exact) mass is 350 g/mol. The van der Waals surface area contributed by atoms with Crippen molar-refractivity contribution >= 4 is 15.9 Å². The Morgan fingerprint density at radius 2 is 1.92 bits per heavy atom. The molecule has 0 saturated carbocycles. The molecule has 7 heteroatoms. The summed E-state index contributed by atoms with van der Waals surface area (Å²) in [5.74, 6) is 0.273. The fourth-order valence-corrected chi connectivity index (χ4v) is 3.09. The molecule has 1 amide bonds. The van der Waals surface area contributed by atoms with E-state index in [9.17, 15) is 13.2 Å². The Bertz CT molecular complexity index is 727. The maximum atomic E-state index is 12.0. The Hall–Kier alpha value is -2.12. The number of sulfonamides is 1. The van der Waals surface area contributed by atoms with Crippen LogP contribution < -0.4 is 5.32 Å². The van der Waals surface area contributed by atoms with Gasteiger partial charge in [0.15, 0.2) is 0 Å². The lowest BCUT2D eigenvalue weighted by Gasteiger charge is -2.19. The van der Waals surface area contributed by atoms with Crippen molar-refractivity contribution in [2.24, 2.45) is 0 Å². The van der Waals surface area contributed by atoms with Crippen LogP contribution in [0.2, 0.25) is 0 Å². The first-order chi connectivity index (χ1) is 11.4. The van der Waals surface area contributed by atoms with Crippen molar-refractivity contribution in [3.05, 3.63) is 60.1 Å². The Morgan fingerprint density at radius 1 is 1.17 bits per heavy atom. The van der Waals surface area contributed by atoms with Crippen molar-refractivity contribution in [2.75, 3.05) is 19.3 Å². The maximum absolute atomic E-state index is 12.0. The van der Waals surface area contributed by atoms with Gasteiger partial charge in [0, 0.05) is 6.54 Å². The number of furan rings is 1. The van der Waals surface area contributed by atoms with Gasteiger partial charge in [-0.15, -0.1) is 0 Å². The second-order valence-electron chi connectivity index (χ2n) is 5.54. The number of nitrogens with zero attached hydrogens (tertiary/aromatic N) is 1. The van der Waals surface area contributed by atoms with Crippen LogP contribution >= 0.6 is 0 Å². The molecule has 130 valence electrons. The van der Waals surface area contributed by atoms with E-state index in [1.807, 2.05) is 30.3 Å². The molecule has 1 N–H and O–H groups in total. The fourth-order valence-electron chi connectivity index (χ4n) is 2.28. The van der Waals surface area contributed by atoms with Crippen LogP contribution in [0.1, 0.15) is 17.7 Å². The van der Waals surface area contributed by atoms with E-state index in [-0.39, 0.29) is 19.0 Å². The molecule has 24 heavy (non-hydrogen) atoms. The van der Waals surface area contributed by atoms with Gasteiger partial charge < -0.3 is 9.73 Å². The number of carbonyl (C=O) groups excluding carboxylic acids is 1. The van der Waals surface area contributed by atoms with Gasteiger partial charge in [-0.2, -0.15) is 4.31 Å². The number of hydrogen-bond acceptors (Lipinski definition) is 4. The van der Waals surface area contributed by atoms with Gasteiger partial charge in [-0.3, -0.25) is 4.79 Å². The summed E-state index contributed by atoms with van der Waals surface area (Å²) in [4.78, 5) is 12.0. The van der Waals surface area contributed by atoms with Gasteiger partial charge in [0.25, 0.3) is 0 Å². The zero-order chi connectivity index (χ0) is 17.4. The highest BCUT2D eigenvalue weighted by Crippen LogP contribution is 2.06. The summed E-state index contributed by atoms with van der Waals surface area (Å²) in [6.45, 7) is 0.365. The molecule has 1 aromatic heterocycles. The van der Waals surface area contributed by atoms with Crippen LogP contribution in [0, 0.1) is 0 Å². The molecule has 0 aliphatic heterocycles. The van der Waals surface area contributed by atoms with E-state index in [1.165, 1.54) is 10.6 Å². The minimum atomic E-state index is -3.44. The number of benzene rings is 1. The van der Waals surface area contributed by atoms with Crippen LogP contribution in [-0.4, -0.2) is 38.0 Å². The lowest BCUT2D eigenvalue weighted by atomic mass is 10.1. The van der Waals surface area contributed by atoms with Crippen molar-refractivity contribution < 1.29 is 17.6 Å². The van der Waals surface area contributed by atoms with Gasteiger partial charge in [0.2, 0.25) is 15.9 Å². The number of nitrogens with one attached hydrogen (secondary N) is 1. The largest absolute Gasteiger partial charge is 0.467 e. The van der Waals surface area contributed by atoms with Gasteiger partial charge in [-0.05, 0) is 30.5 Å². The van der Waals surface area contributed by atoms with E-state index in [2.05, 4.69) is 5.32 Å². The molecule has 0 spiro atoms. The smallest absolute Gasteiger partial charge is 0.235 e. The van der Waals surface area contributed by atoms with Crippen LogP contribution in [0.4, 0.5) is 0 Å². The summed E-state index contributed by atoms with van der Waals surface area (Å²) in [5, 5.41) is 2.66. The third kappa shape index (κ3) is 6.17. The average Bonchev–Trinajstić information content (AvgIpc) is 3.05. The van der Waals surface area contributed by atoms with E-state index >= 15 is 0 Å². The van der Waals surface area contributed by atoms with Gasteiger partial charge in [0.1, 0.15) is 5.76 Å². The van der Waals surface area contributed by atoms with Crippen LogP contribution in [0.3, 0.4) is 0 Å². The van der Waals surface area contributed by atoms with Gasteiger partial charge in [-0.1, -0.05) is 30.3 Å². The predicted molar refractivity (Wildman–Crippen MR) is 91.7 cm³/mol. The Kier molecular flexibility index (Phi) is 6.57. The molecule has 0 aliphatic rings. The highest BCUT2D eigenvalue weighted by Gasteiger charge is 2.19. The molecule has 1 aromatic carbocycles. The number of hydrogen-bond donors (Lipinski definition) is 1. The van der Waals surface area contributed by atoms with E-state index in [1.54, 1.807) is 12.1 Å². The molecule has 0 unspecified atom stereocenters. The second-order valence-corrected chi connectivity index (χ2v) is 7.52. The molecule has 2 aromatic rings. The molecular weight excluding hydrogens is 328 g/mol. The van der Waals surface area contributed by atoms with Crippen molar-refractivity contribution in [2.45, 2.75) is 19.4 Å². The Morgan fingerprint density at radius 3 is 2.54 bits per heavy atom. The summed E-state index contributed by atoms with van der Waals surface area (Å²) in [5.41, 5.74) is 1.15. The summed E-state index contributed by atoms with van der Waals surface area (Å²) < 4.78 is 30.1. The number of rotatable bonds is 9. The van der Waals surface area contributed by atoms with Crippen molar-refractivity contribution in [3.8, 4) is 0 Å². The van der Waals surface area contributed by atoms with Gasteiger partial charge in [0.05, 0.1) is 25.6 Å². The molecular formula is C17H22N2O4S. The lowest BCUT2D eigenvalue weighted by molar-refractivity contribution is -0.121. The lowest BCUT2D eigenvalue weighted by Crippen LogP contribution is -2.40. The van der Waals surface area contributed by atoms with Crippen LogP contribution in [-0.2, 0) is 27.8 Å². The zero-order valence-electron chi connectivity index (χ0n) is 13.6. The van der Waals surface area contributed by atoms with Crippen LogP contribution in [0.15, 0.2) is 53.1 Å². The quantitative estimate of drug-likeness (QED) is 0.748. The second kappa shape index (κ2) is 8.65. The highest BCUT2D eigenvalue weighted by atomic mass is 32.2. The fraction of sp³-hybridized carbons (Fsp3) is 0.353. The normalized spacial score (nSPS) is 11.6. The zero-order valence-corrected chi connectivity index (χ0v) is 14.5. The van der Waals surface area contributed by atoms with Crippen LogP contribution in [0.25, 0.3) is 0 Å². The van der Waals surface area contributed by atoms with Crippen molar-refractivity contribution in [3.63, 3.8) is 0 Å². The Labute approximate surface area is 142 Å². The molecule has 0 fully saturated rings. The molecule has 0 bridgehead atoms. The van der Waals surface area contributed by atoms with Crippen LogP contribution in [0.5, 0.6) is 0 Å². The molecule has 1 heterocycles. The third-order valence-corrected chi connectivity index (χ3v) is 4.79. The molecule has 2 rings (SSSR count). The molecule has 0 radical (unpaired) electrons. The van der Waals surface area contributed by atoms with E-state index in [4.69, 9.17) is 4.42 Å². The van der Waals surface area contributed by atoms with Crippen molar-refractivity contribution in [1.29, 1.82) is 0 Å². The summed E-state index contributed by atoms with van der Waals surface area (Å²) in [6, 6.07) is 13.3. The first kappa shape index (κ1) is 18.2. The minimum absolute atomic E-state index is 0.186. The minimum Gasteiger partial charge on any atom is -0.467 e. The van der Waals surface area contributed by atoms with Gasteiger partial charge in [-0.25, -0.2) is 8.42 Å². The van der Waals surface area contributed by atoms with E-state index in [0.29, 0.717) is 18.7 Å². The first-order valence-corrected chi connectivity index (χ1v) is 9.58. The molecule has 0 saturated heterocycles. The summed E-state index contributed by atoms with van der Waals surface area (Å²) in [7, 11) is -3.44. The average molecular weight is 350 g/mol. The number of aryl methyl sites for hydroxylation is 1. The Balaban J connectivity index is 1.82. The highest BCUT2D eigenvalue weighted by molar-refractivity contribution is 7.88. The van der Waals surface area contributed by atoms with Gasteiger partial charge >= 0.3 is 0 Å².